The van der Waals surface area contributed by atoms with Crippen molar-refractivity contribution in [1.29, 1.82) is 0 Å². The Morgan fingerprint density at radius 2 is 1.13 bits per heavy atom. The maximum atomic E-state index is 12.9. The standard InChI is InChI=1S/C24H30N2O3S/c27-30-23-7-5-19(28-15-13-25-9-1-2-10-25)17-21(23)22-18-20(6-8-24(22)30)29-16-14-26-11-3-4-12-26/h5-8,17-18H,1-4,9-16H2. The summed E-state index contributed by atoms with van der Waals surface area (Å²) in [5.74, 6) is 1.69. The maximum absolute atomic E-state index is 12.9. The first-order chi connectivity index (χ1) is 14.8. The van der Waals surface area contributed by atoms with Gasteiger partial charge in [-0.1, -0.05) is 0 Å². The van der Waals surface area contributed by atoms with E-state index < -0.39 is 10.8 Å². The van der Waals surface area contributed by atoms with Crippen molar-refractivity contribution in [3.05, 3.63) is 36.4 Å². The summed E-state index contributed by atoms with van der Waals surface area (Å²) in [6, 6.07) is 11.9. The average Bonchev–Trinajstić information content (AvgIpc) is 3.51. The molecule has 3 aliphatic heterocycles. The summed E-state index contributed by atoms with van der Waals surface area (Å²) in [6.45, 7) is 8.04. The Hall–Kier alpha value is -1.89. The van der Waals surface area contributed by atoms with Gasteiger partial charge in [0.05, 0.1) is 20.6 Å². The Balaban J connectivity index is 1.26. The van der Waals surface area contributed by atoms with Crippen LogP contribution < -0.4 is 9.47 Å². The van der Waals surface area contributed by atoms with Crippen LogP contribution in [0.4, 0.5) is 0 Å². The predicted molar refractivity (Wildman–Crippen MR) is 119 cm³/mol. The molecule has 0 radical (unpaired) electrons. The minimum atomic E-state index is -1.13. The van der Waals surface area contributed by atoms with E-state index in [1.54, 1.807) is 0 Å². The van der Waals surface area contributed by atoms with Crippen LogP contribution in [-0.2, 0) is 10.8 Å². The molecule has 6 heteroatoms. The van der Waals surface area contributed by atoms with Crippen molar-refractivity contribution in [2.24, 2.45) is 0 Å². The second-order valence-corrected chi connectivity index (χ2v) is 9.80. The SMILES string of the molecule is O=S1c2ccc(OCCN3CCCC3)cc2-c2cc(OCCN3CCCC3)ccc21. The van der Waals surface area contributed by atoms with E-state index in [0.717, 1.165) is 45.5 Å². The molecule has 2 fully saturated rings. The number of ether oxygens (including phenoxy) is 2. The highest BCUT2D eigenvalue weighted by molar-refractivity contribution is 7.85. The molecule has 2 aromatic carbocycles. The first-order valence-corrected chi connectivity index (χ1v) is 12.3. The molecule has 0 amide bonds. The third-order valence-corrected chi connectivity index (χ3v) is 7.85. The molecule has 2 saturated heterocycles. The molecule has 5 nitrogen and oxygen atoms in total. The van der Waals surface area contributed by atoms with E-state index in [1.165, 1.54) is 51.9 Å². The van der Waals surface area contributed by atoms with Crippen molar-refractivity contribution in [2.75, 3.05) is 52.5 Å². The topological polar surface area (TPSA) is 42.0 Å². The van der Waals surface area contributed by atoms with Gasteiger partial charge < -0.3 is 9.47 Å². The van der Waals surface area contributed by atoms with Crippen LogP contribution in [0.15, 0.2) is 46.2 Å². The van der Waals surface area contributed by atoms with Gasteiger partial charge in [0.15, 0.2) is 0 Å². The van der Waals surface area contributed by atoms with E-state index in [2.05, 4.69) is 9.80 Å². The number of benzene rings is 2. The lowest BCUT2D eigenvalue weighted by Gasteiger charge is -2.15. The molecule has 0 unspecified atom stereocenters. The zero-order chi connectivity index (χ0) is 20.3. The Bertz CT molecular complexity index is 847. The molecule has 0 aliphatic carbocycles. The molecule has 3 heterocycles. The third-order valence-electron chi connectivity index (χ3n) is 6.34. The molecular weight excluding hydrogens is 396 g/mol. The highest BCUT2D eigenvalue weighted by Crippen LogP contribution is 2.43. The molecule has 0 N–H and O–H groups in total. The summed E-state index contributed by atoms with van der Waals surface area (Å²) in [4.78, 5) is 6.63. The van der Waals surface area contributed by atoms with Crippen LogP contribution >= 0.6 is 0 Å². The Morgan fingerprint density at radius 1 is 0.700 bits per heavy atom. The first-order valence-electron chi connectivity index (χ1n) is 11.2. The van der Waals surface area contributed by atoms with Gasteiger partial charge in [-0.3, -0.25) is 9.80 Å². The molecule has 30 heavy (non-hydrogen) atoms. The van der Waals surface area contributed by atoms with Crippen molar-refractivity contribution in [2.45, 2.75) is 35.5 Å². The predicted octanol–water partition coefficient (Wildman–Crippen LogP) is 3.78. The van der Waals surface area contributed by atoms with Crippen molar-refractivity contribution >= 4 is 10.8 Å². The third kappa shape index (κ3) is 4.27. The molecule has 0 atom stereocenters. The summed E-state index contributed by atoms with van der Waals surface area (Å²) >= 11 is 0. The fourth-order valence-electron chi connectivity index (χ4n) is 4.66. The maximum Gasteiger partial charge on any atom is 0.120 e. The first kappa shape index (κ1) is 20.0. The van der Waals surface area contributed by atoms with Crippen LogP contribution in [0.1, 0.15) is 25.7 Å². The second kappa shape index (κ2) is 9.08. The van der Waals surface area contributed by atoms with Crippen LogP contribution in [0.2, 0.25) is 0 Å². The average molecular weight is 427 g/mol. The highest BCUT2D eigenvalue weighted by atomic mass is 32.2. The number of hydrogen-bond acceptors (Lipinski definition) is 5. The zero-order valence-electron chi connectivity index (χ0n) is 17.5. The van der Waals surface area contributed by atoms with Gasteiger partial charge in [-0.2, -0.15) is 0 Å². The lowest BCUT2D eigenvalue weighted by Crippen LogP contribution is -2.25. The monoisotopic (exact) mass is 426 g/mol. The van der Waals surface area contributed by atoms with Gasteiger partial charge in [0.1, 0.15) is 24.7 Å². The normalized spacial score (nSPS) is 19.2. The van der Waals surface area contributed by atoms with Crippen LogP contribution in [-0.4, -0.2) is 66.5 Å². The zero-order valence-corrected chi connectivity index (χ0v) is 18.3. The van der Waals surface area contributed by atoms with Gasteiger partial charge >= 0.3 is 0 Å². The van der Waals surface area contributed by atoms with Crippen molar-refractivity contribution < 1.29 is 13.7 Å². The lowest BCUT2D eigenvalue weighted by molar-refractivity contribution is 0.237. The number of nitrogens with zero attached hydrogens (tertiary/aromatic N) is 2. The summed E-state index contributed by atoms with van der Waals surface area (Å²) in [5.41, 5.74) is 2.01. The fraction of sp³-hybridized carbons (Fsp3) is 0.500. The number of likely N-dealkylation sites (tertiary alicyclic amines) is 2. The van der Waals surface area contributed by atoms with Gasteiger partial charge in [0.2, 0.25) is 0 Å². The van der Waals surface area contributed by atoms with E-state index in [1.807, 2.05) is 36.4 Å². The molecule has 0 bridgehead atoms. The Kier molecular flexibility index (Phi) is 6.07. The van der Waals surface area contributed by atoms with E-state index in [-0.39, 0.29) is 0 Å². The number of hydrogen-bond donors (Lipinski definition) is 0. The molecule has 160 valence electrons. The van der Waals surface area contributed by atoms with Crippen molar-refractivity contribution in [3.63, 3.8) is 0 Å². The summed E-state index contributed by atoms with van der Waals surface area (Å²) < 4.78 is 24.9. The van der Waals surface area contributed by atoms with Gasteiger partial charge in [-0.05, 0) is 88.3 Å². The summed E-state index contributed by atoms with van der Waals surface area (Å²) in [6.07, 6.45) is 5.18. The van der Waals surface area contributed by atoms with E-state index in [9.17, 15) is 4.21 Å². The van der Waals surface area contributed by atoms with Crippen LogP contribution in [0, 0.1) is 0 Å². The number of rotatable bonds is 8. The van der Waals surface area contributed by atoms with Gasteiger partial charge in [-0.15, -0.1) is 0 Å². The minimum absolute atomic E-state index is 0.689. The molecule has 0 aromatic heterocycles. The fourth-order valence-corrected chi connectivity index (χ4v) is 6.02. The van der Waals surface area contributed by atoms with E-state index >= 15 is 0 Å². The van der Waals surface area contributed by atoms with Crippen molar-refractivity contribution in [1.82, 2.24) is 9.80 Å². The summed E-state index contributed by atoms with van der Waals surface area (Å²) in [7, 11) is -1.13. The largest absolute Gasteiger partial charge is 0.492 e. The van der Waals surface area contributed by atoms with Gasteiger partial charge in [0.25, 0.3) is 0 Å². The van der Waals surface area contributed by atoms with Crippen LogP contribution in [0.25, 0.3) is 11.1 Å². The van der Waals surface area contributed by atoms with Gasteiger partial charge in [0, 0.05) is 24.2 Å². The van der Waals surface area contributed by atoms with Crippen LogP contribution in [0.5, 0.6) is 11.5 Å². The van der Waals surface area contributed by atoms with Crippen LogP contribution in [0.3, 0.4) is 0 Å². The van der Waals surface area contributed by atoms with Gasteiger partial charge in [-0.25, -0.2) is 4.21 Å². The molecule has 0 saturated carbocycles. The molecule has 3 aliphatic rings. The van der Waals surface area contributed by atoms with E-state index in [0.29, 0.717) is 13.2 Å². The Morgan fingerprint density at radius 3 is 1.57 bits per heavy atom. The molecule has 5 rings (SSSR count). The lowest BCUT2D eigenvalue weighted by atomic mass is 10.1. The second-order valence-electron chi connectivity index (χ2n) is 8.38. The summed E-state index contributed by atoms with van der Waals surface area (Å²) in [5, 5.41) is 0. The highest BCUT2D eigenvalue weighted by Gasteiger charge is 2.26. The van der Waals surface area contributed by atoms with E-state index in [4.69, 9.17) is 9.47 Å². The Labute approximate surface area is 181 Å². The molecule has 0 spiro atoms. The number of fused-ring (bicyclic) bond motifs is 3. The van der Waals surface area contributed by atoms with Crippen molar-refractivity contribution in [3.8, 4) is 22.6 Å². The quantitative estimate of drug-likeness (QED) is 0.548. The smallest absolute Gasteiger partial charge is 0.120 e. The molecular formula is C24H30N2O3S. The molecule has 2 aromatic rings. The minimum Gasteiger partial charge on any atom is -0.492 e.